The SMILES string of the molecule is O=C1CC[C@@H](N2Cc3cc(O[C@H]4CCCC[C@H]4N4CC(c5ccncc5Cl)C4)ccc3C2=O)C(=O)N1. The lowest BCUT2D eigenvalue weighted by Crippen LogP contribution is -2.57. The van der Waals surface area contributed by atoms with E-state index in [0.29, 0.717) is 30.5 Å². The van der Waals surface area contributed by atoms with Gasteiger partial charge >= 0.3 is 0 Å². The van der Waals surface area contributed by atoms with Gasteiger partial charge in [-0.1, -0.05) is 18.0 Å². The van der Waals surface area contributed by atoms with Crippen molar-refractivity contribution in [3.05, 3.63) is 58.4 Å². The molecular weight excluding hydrogens is 480 g/mol. The highest BCUT2D eigenvalue weighted by molar-refractivity contribution is 6.31. The zero-order valence-corrected chi connectivity index (χ0v) is 20.7. The number of piperidine rings is 1. The van der Waals surface area contributed by atoms with Gasteiger partial charge in [0.25, 0.3) is 5.91 Å². The van der Waals surface area contributed by atoms with Gasteiger partial charge in [0.05, 0.1) is 5.02 Å². The van der Waals surface area contributed by atoms with Gasteiger partial charge in [0.2, 0.25) is 11.8 Å². The van der Waals surface area contributed by atoms with Gasteiger partial charge in [-0.25, -0.2) is 0 Å². The number of nitrogens with one attached hydrogen (secondary N) is 1. The quantitative estimate of drug-likeness (QED) is 0.623. The van der Waals surface area contributed by atoms with Crippen LogP contribution in [-0.2, 0) is 16.1 Å². The summed E-state index contributed by atoms with van der Waals surface area (Å²) in [6.45, 7) is 2.29. The molecule has 36 heavy (non-hydrogen) atoms. The van der Waals surface area contributed by atoms with E-state index in [4.69, 9.17) is 16.3 Å². The molecule has 0 spiro atoms. The van der Waals surface area contributed by atoms with Crippen LogP contribution in [0.1, 0.15) is 65.9 Å². The molecule has 188 valence electrons. The summed E-state index contributed by atoms with van der Waals surface area (Å²) in [6, 6.07) is 7.38. The number of aromatic nitrogens is 1. The zero-order valence-electron chi connectivity index (χ0n) is 20.0. The Bertz CT molecular complexity index is 1210. The van der Waals surface area contributed by atoms with Crippen molar-refractivity contribution < 1.29 is 19.1 Å². The van der Waals surface area contributed by atoms with Crippen molar-refractivity contribution in [3.8, 4) is 5.75 Å². The smallest absolute Gasteiger partial charge is 0.255 e. The van der Waals surface area contributed by atoms with Gasteiger partial charge in [0.1, 0.15) is 17.9 Å². The number of nitrogens with zero attached hydrogens (tertiary/aromatic N) is 3. The van der Waals surface area contributed by atoms with Crippen LogP contribution in [0.15, 0.2) is 36.7 Å². The maximum atomic E-state index is 13.0. The van der Waals surface area contributed by atoms with Crippen molar-refractivity contribution in [1.82, 2.24) is 20.1 Å². The number of carbonyl (C=O) groups excluding carboxylic acids is 3. The Hall–Kier alpha value is -2.97. The van der Waals surface area contributed by atoms with Gasteiger partial charge in [-0.2, -0.15) is 0 Å². The number of fused-ring (bicyclic) bond motifs is 1. The van der Waals surface area contributed by atoms with Crippen LogP contribution in [0.3, 0.4) is 0 Å². The second-order valence-corrected chi connectivity index (χ2v) is 10.7. The summed E-state index contributed by atoms with van der Waals surface area (Å²) in [5, 5.41) is 3.08. The molecule has 1 aliphatic carbocycles. The van der Waals surface area contributed by atoms with Crippen LogP contribution < -0.4 is 10.1 Å². The molecule has 0 bridgehead atoms. The predicted octanol–water partition coefficient (Wildman–Crippen LogP) is 3.29. The molecule has 1 aromatic carbocycles. The number of imide groups is 1. The molecule has 2 aromatic rings. The molecule has 1 aromatic heterocycles. The second-order valence-electron chi connectivity index (χ2n) is 10.3. The molecule has 3 fully saturated rings. The number of rotatable bonds is 5. The first-order valence-corrected chi connectivity index (χ1v) is 13.1. The number of likely N-dealkylation sites (tertiary alicyclic amines) is 1. The number of pyridine rings is 1. The van der Waals surface area contributed by atoms with Gasteiger partial charge in [0, 0.05) is 56.0 Å². The van der Waals surface area contributed by atoms with E-state index in [1.165, 1.54) is 12.0 Å². The molecule has 3 amide bonds. The Labute approximate surface area is 214 Å². The summed E-state index contributed by atoms with van der Waals surface area (Å²) in [6.07, 6.45) is 8.66. The van der Waals surface area contributed by atoms with Gasteiger partial charge in [0.15, 0.2) is 0 Å². The van der Waals surface area contributed by atoms with E-state index < -0.39 is 11.9 Å². The van der Waals surface area contributed by atoms with Crippen LogP contribution in [0.25, 0.3) is 0 Å². The van der Waals surface area contributed by atoms with Crippen molar-refractivity contribution in [1.29, 1.82) is 0 Å². The van der Waals surface area contributed by atoms with E-state index in [-0.39, 0.29) is 24.3 Å². The molecule has 4 heterocycles. The fraction of sp³-hybridized carbons (Fsp3) is 0.481. The highest BCUT2D eigenvalue weighted by Gasteiger charge is 2.41. The molecule has 3 aliphatic heterocycles. The van der Waals surface area contributed by atoms with Crippen molar-refractivity contribution in [2.75, 3.05) is 13.1 Å². The van der Waals surface area contributed by atoms with Gasteiger partial charge in [-0.15, -0.1) is 0 Å². The summed E-state index contributed by atoms with van der Waals surface area (Å²) in [4.78, 5) is 45.0. The Morgan fingerprint density at radius 1 is 1.06 bits per heavy atom. The molecule has 3 atom stereocenters. The van der Waals surface area contributed by atoms with E-state index in [1.54, 1.807) is 17.3 Å². The van der Waals surface area contributed by atoms with Crippen LogP contribution in [0, 0.1) is 0 Å². The molecule has 2 saturated heterocycles. The monoisotopic (exact) mass is 508 g/mol. The minimum Gasteiger partial charge on any atom is -0.489 e. The summed E-state index contributed by atoms with van der Waals surface area (Å²) >= 11 is 6.36. The Kier molecular flexibility index (Phi) is 6.17. The van der Waals surface area contributed by atoms with E-state index in [9.17, 15) is 14.4 Å². The van der Waals surface area contributed by atoms with E-state index in [1.807, 2.05) is 24.3 Å². The lowest BCUT2D eigenvalue weighted by atomic mass is 9.84. The highest BCUT2D eigenvalue weighted by Crippen LogP contribution is 2.38. The lowest BCUT2D eigenvalue weighted by Gasteiger charge is -2.48. The molecule has 9 heteroatoms. The molecule has 1 N–H and O–H groups in total. The van der Waals surface area contributed by atoms with Crippen molar-refractivity contribution in [3.63, 3.8) is 0 Å². The maximum Gasteiger partial charge on any atom is 0.255 e. The number of amides is 3. The number of hydrogen-bond donors (Lipinski definition) is 1. The normalized spacial score (nSPS) is 27.0. The van der Waals surface area contributed by atoms with Gasteiger partial charge in [-0.3, -0.25) is 29.6 Å². The minimum atomic E-state index is -0.608. The molecule has 0 unspecified atom stereocenters. The maximum absolute atomic E-state index is 13.0. The fourth-order valence-corrected chi connectivity index (χ4v) is 6.40. The first-order chi connectivity index (χ1) is 17.5. The molecule has 6 rings (SSSR count). The van der Waals surface area contributed by atoms with Crippen LogP contribution in [0.4, 0.5) is 0 Å². The molecule has 4 aliphatic rings. The summed E-state index contributed by atoms with van der Waals surface area (Å²) in [5.41, 5.74) is 2.64. The predicted molar refractivity (Wildman–Crippen MR) is 133 cm³/mol. The first kappa shape index (κ1) is 23.4. The van der Waals surface area contributed by atoms with Crippen molar-refractivity contribution >= 4 is 29.3 Å². The topological polar surface area (TPSA) is 91.8 Å². The number of benzene rings is 1. The summed E-state index contributed by atoms with van der Waals surface area (Å²) in [5.74, 6) is 0.346. The Balaban J connectivity index is 1.12. The average molecular weight is 509 g/mol. The summed E-state index contributed by atoms with van der Waals surface area (Å²) < 4.78 is 6.53. The Morgan fingerprint density at radius 3 is 2.69 bits per heavy atom. The van der Waals surface area contributed by atoms with Crippen molar-refractivity contribution in [2.24, 2.45) is 0 Å². The third-order valence-corrected chi connectivity index (χ3v) is 8.39. The third-order valence-electron chi connectivity index (χ3n) is 8.07. The first-order valence-electron chi connectivity index (χ1n) is 12.8. The van der Waals surface area contributed by atoms with Gasteiger partial charge < -0.3 is 9.64 Å². The zero-order chi connectivity index (χ0) is 24.8. The largest absolute Gasteiger partial charge is 0.489 e. The third kappa shape index (κ3) is 4.26. The number of halogens is 1. The molecule has 0 radical (unpaired) electrons. The van der Waals surface area contributed by atoms with E-state index >= 15 is 0 Å². The minimum absolute atomic E-state index is 0.0917. The van der Waals surface area contributed by atoms with Crippen LogP contribution >= 0.6 is 11.6 Å². The molecule has 8 nitrogen and oxygen atoms in total. The number of carbonyl (C=O) groups is 3. The standard InChI is InChI=1S/C27H29ClN4O4/c28-21-12-29-10-9-19(21)17-13-31(14-17)22-3-1-2-4-24(22)36-18-5-6-20-16(11-18)15-32(27(20)35)23-7-8-25(33)30-26(23)34/h5-6,9-12,17,22-24H,1-4,7-8,13-15H2,(H,30,33,34)/t22-,23-,24+/m1/s1. The fourth-order valence-electron chi connectivity index (χ4n) is 6.13. The van der Waals surface area contributed by atoms with Crippen LogP contribution in [0.5, 0.6) is 5.75 Å². The van der Waals surface area contributed by atoms with Crippen LogP contribution in [-0.4, -0.2) is 63.8 Å². The second kappa shape index (κ2) is 9.48. The number of hydrogen-bond acceptors (Lipinski definition) is 6. The molecular formula is C27H29ClN4O4. The molecule has 1 saturated carbocycles. The van der Waals surface area contributed by atoms with Gasteiger partial charge in [-0.05, 0) is 61.1 Å². The number of ether oxygens (including phenoxy) is 1. The van der Waals surface area contributed by atoms with E-state index in [0.717, 1.165) is 48.7 Å². The van der Waals surface area contributed by atoms with Crippen LogP contribution in [0.2, 0.25) is 5.02 Å². The highest BCUT2D eigenvalue weighted by atomic mass is 35.5. The summed E-state index contributed by atoms with van der Waals surface area (Å²) in [7, 11) is 0. The van der Waals surface area contributed by atoms with Crippen molar-refractivity contribution in [2.45, 2.75) is 69.2 Å². The average Bonchev–Trinajstić information content (AvgIpc) is 3.16. The lowest BCUT2D eigenvalue weighted by molar-refractivity contribution is -0.136. The Morgan fingerprint density at radius 2 is 1.89 bits per heavy atom. The van der Waals surface area contributed by atoms with E-state index in [2.05, 4.69) is 15.2 Å².